The maximum absolute atomic E-state index is 8.89. The Bertz CT molecular complexity index is 87.9. The second-order valence-corrected chi connectivity index (χ2v) is 4.93. The van der Waals surface area contributed by atoms with Crippen molar-refractivity contribution < 1.29 is 66.8 Å². The maximum atomic E-state index is 8.89. The SMILES string of the molecule is CC(=O)[O-].CC[S+](CC)CC.[K+].[OH-]. The van der Waals surface area contributed by atoms with Gasteiger partial charge in [-0.05, 0) is 38.6 Å². The van der Waals surface area contributed by atoms with E-state index in [1.807, 2.05) is 0 Å². The Morgan fingerprint density at radius 1 is 1.15 bits per heavy atom. The molecule has 0 radical (unpaired) electrons. The molecule has 1 N–H and O–H groups in total. The zero-order valence-electron chi connectivity index (χ0n) is 9.29. The summed E-state index contributed by atoms with van der Waals surface area (Å²) in [5.41, 5.74) is 0. The van der Waals surface area contributed by atoms with Gasteiger partial charge in [0.2, 0.25) is 0 Å². The van der Waals surface area contributed by atoms with Crippen LogP contribution >= 0.6 is 0 Å². The van der Waals surface area contributed by atoms with E-state index in [1.165, 1.54) is 17.3 Å². The summed E-state index contributed by atoms with van der Waals surface area (Å²) in [6.45, 7) is 7.79. The van der Waals surface area contributed by atoms with E-state index in [0.29, 0.717) is 0 Å². The Hall–Kier alpha value is 1.42. The number of rotatable bonds is 3. The Morgan fingerprint density at radius 2 is 1.31 bits per heavy atom. The predicted octanol–water partition coefficient (Wildman–Crippen LogP) is -2.75. The van der Waals surface area contributed by atoms with Gasteiger partial charge in [0.1, 0.15) is 17.3 Å². The minimum absolute atomic E-state index is 0. The molecule has 0 aliphatic heterocycles. The van der Waals surface area contributed by atoms with Gasteiger partial charge in [-0.15, -0.1) is 0 Å². The van der Waals surface area contributed by atoms with Crippen molar-refractivity contribution in [3.05, 3.63) is 0 Å². The molecule has 0 atom stereocenters. The van der Waals surface area contributed by atoms with Gasteiger partial charge >= 0.3 is 51.4 Å². The van der Waals surface area contributed by atoms with E-state index in [4.69, 9.17) is 9.90 Å². The van der Waals surface area contributed by atoms with Crippen molar-refractivity contribution in [3.63, 3.8) is 0 Å². The van der Waals surface area contributed by atoms with Crippen molar-refractivity contribution in [1.29, 1.82) is 0 Å². The number of carbonyl (C=O) groups excluding carboxylic acids is 1. The van der Waals surface area contributed by atoms with Gasteiger partial charge in [-0.2, -0.15) is 0 Å². The van der Waals surface area contributed by atoms with Crippen molar-refractivity contribution in [3.8, 4) is 0 Å². The molecule has 0 fully saturated rings. The molecule has 13 heavy (non-hydrogen) atoms. The number of hydrogen-bond donors (Lipinski definition) is 0. The monoisotopic (exact) mass is 234 g/mol. The minimum atomic E-state index is -1.08. The Kier molecular flexibility index (Phi) is 35.1. The summed E-state index contributed by atoms with van der Waals surface area (Å²) in [5.74, 6) is 3.06. The molecule has 0 aliphatic carbocycles. The largest absolute Gasteiger partial charge is 1.00 e. The molecule has 0 aliphatic rings. The van der Waals surface area contributed by atoms with Crippen molar-refractivity contribution >= 4 is 16.9 Å². The van der Waals surface area contributed by atoms with Crippen LogP contribution in [0.25, 0.3) is 0 Å². The van der Waals surface area contributed by atoms with Gasteiger partial charge in [0.05, 0.1) is 0 Å². The maximum Gasteiger partial charge on any atom is 1.00 e. The van der Waals surface area contributed by atoms with Crippen LogP contribution in [0.15, 0.2) is 0 Å². The molecule has 76 valence electrons. The third-order valence-corrected chi connectivity index (χ3v) is 3.67. The molecule has 0 saturated heterocycles. The Labute approximate surface area is 127 Å². The van der Waals surface area contributed by atoms with Gasteiger partial charge in [-0.3, -0.25) is 0 Å². The molecule has 0 amide bonds. The van der Waals surface area contributed by atoms with Crippen LogP contribution in [0.1, 0.15) is 27.7 Å². The molecule has 3 nitrogen and oxygen atoms in total. The van der Waals surface area contributed by atoms with E-state index < -0.39 is 5.97 Å². The van der Waals surface area contributed by atoms with E-state index in [2.05, 4.69) is 20.8 Å². The summed E-state index contributed by atoms with van der Waals surface area (Å²) in [6.07, 6.45) is 0. The second-order valence-electron chi connectivity index (χ2n) is 1.97. The topological polar surface area (TPSA) is 70.1 Å². The number of carboxylic acid groups (broad SMARTS) is 1. The molecule has 0 aromatic carbocycles. The molecule has 0 unspecified atom stereocenters. The smallest absolute Gasteiger partial charge is 0.870 e. The number of aliphatic carboxylic acids is 1. The van der Waals surface area contributed by atoms with Gasteiger partial charge in [0.15, 0.2) is 0 Å². The summed E-state index contributed by atoms with van der Waals surface area (Å²) in [4.78, 5) is 8.89. The fourth-order valence-electron chi connectivity index (χ4n) is 0.612. The molecule has 0 aromatic heterocycles. The number of hydrogen-bond acceptors (Lipinski definition) is 3. The van der Waals surface area contributed by atoms with Crippen LogP contribution in [0.5, 0.6) is 0 Å². The van der Waals surface area contributed by atoms with E-state index >= 15 is 0 Å². The van der Waals surface area contributed by atoms with Crippen molar-refractivity contribution in [2.45, 2.75) is 27.7 Å². The van der Waals surface area contributed by atoms with E-state index in [0.717, 1.165) is 17.8 Å². The van der Waals surface area contributed by atoms with Gasteiger partial charge in [0.25, 0.3) is 0 Å². The van der Waals surface area contributed by atoms with Crippen molar-refractivity contribution in [1.82, 2.24) is 0 Å². The van der Waals surface area contributed by atoms with E-state index in [9.17, 15) is 0 Å². The predicted molar refractivity (Wildman–Crippen MR) is 51.6 cm³/mol. The first kappa shape index (κ1) is 23.9. The first-order valence-corrected chi connectivity index (χ1v) is 5.63. The summed E-state index contributed by atoms with van der Waals surface area (Å²) in [5, 5.41) is 8.89. The van der Waals surface area contributed by atoms with Gasteiger partial charge in [-0.25, -0.2) is 0 Å². The second kappa shape index (κ2) is 19.1. The zero-order chi connectivity index (χ0) is 9.28. The van der Waals surface area contributed by atoms with Crippen LogP contribution in [0.4, 0.5) is 0 Å². The molecule has 0 aromatic rings. The Balaban J connectivity index is -0.0000000600. The minimum Gasteiger partial charge on any atom is -0.870 e. The quantitative estimate of drug-likeness (QED) is 0.393. The summed E-state index contributed by atoms with van der Waals surface area (Å²) in [6, 6.07) is 0. The first-order valence-electron chi connectivity index (χ1n) is 3.90. The van der Waals surface area contributed by atoms with Crippen LogP contribution in [0.3, 0.4) is 0 Å². The molecular formula is C8H19KO3S. The van der Waals surface area contributed by atoms with Gasteiger partial charge < -0.3 is 15.4 Å². The standard InChI is InChI=1S/C6H15S.C2H4O2.K.H2O/c1-4-7(5-2)6-3;1-2(3)4;;/h4-6H2,1-3H3;1H3,(H,3,4);;1H2/q+1;;+1;/p-2. The summed E-state index contributed by atoms with van der Waals surface area (Å²) < 4.78 is 0. The van der Waals surface area contributed by atoms with E-state index in [-0.39, 0.29) is 56.9 Å². The Morgan fingerprint density at radius 3 is 1.31 bits per heavy atom. The third kappa shape index (κ3) is 31.8. The molecule has 0 saturated carbocycles. The van der Waals surface area contributed by atoms with Crippen LogP contribution < -0.4 is 56.5 Å². The van der Waals surface area contributed by atoms with Crippen molar-refractivity contribution in [2.75, 3.05) is 17.3 Å². The van der Waals surface area contributed by atoms with Crippen LogP contribution in [-0.2, 0) is 15.7 Å². The van der Waals surface area contributed by atoms with Crippen LogP contribution in [0, 0.1) is 0 Å². The van der Waals surface area contributed by atoms with Gasteiger partial charge in [-0.1, -0.05) is 0 Å². The van der Waals surface area contributed by atoms with E-state index in [1.54, 1.807) is 0 Å². The zero-order valence-corrected chi connectivity index (χ0v) is 13.2. The first-order chi connectivity index (χ1) is 5.08. The van der Waals surface area contributed by atoms with Gasteiger partial charge in [0, 0.05) is 5.97 Å². The molecule has 0 heterocycles. The number of carbonyl (C=O) groups is 1. The average Bonchev–Trinajstić information content (AvgIpc) is 1.90. The fraction of sp³-hybridized carbons (Fsp3) is 0.875. The third-order valence-electron chi connectivity index (χ3n) is 1.22. The molecule has 5 heteroatoms. The number of carboxylic acids is 1. The summed E-state index contributed by atoms with van der Waals surface area (Å²) >= 11 is 0. The molecule has 0 bridgehead atoms. The molecular weight excluding hydrogens is 215 g/mol. The molecule has 0 spiro atoms. The fourth-order valence-corrected chi connectivity index (χ4v) is 1.84. The molecule has 0 rings (SSSR count). The van der Waals surface area contributed by atoms with Crippen LogP contribution in [-0.4, -0.2) is 28.7 Å². The summed E-state index contributed by atoms with van der Waals surface area (Å²) in [7, 11) is 0.755. The van der Waals surface area contributed by atoms with Crippen molar-refractivity contribution in [2.24, 2.45) is 0 Å². The average molecular weight is 234 g/mol. The van der Waals surface area contributed by atoms with Crippen LogP contribution in [0.2, 0.25) is 0 Å². The normalized spacial score (nSPS) is 7.46.